The van der Waals surface area contributed by atoms with E-state index in [9.17, 15) is 18.7 Å². The molecule has 3 atom stereocenters. The third-order valence-corrected chi connectivity index (χ3v) is 5.86. The van der Waals surface area contributed by atoms with Gasteiger partial charge in [-0.3, -0.25) is 9.69 Å². The van der Waals surface area contributed by atoms with E-state index < -0.39 is 24.9 Å². The highest BCUT2D eigenvalue weighted by Gasteiger charge is 2.39. The number of ether oxygens (including phenoxy) is 1. The molecule has 2 aromatic heterocycles. The molecule has 30 heavy (non-hydrogen) atoms. The van der Waals surface area contributed by atoms with Gasteiger partial charge >= 0.3 is 0 Å². The number of aromatic nitrogens is 3. The second-order valence-corrected chi connectivity index (χ2v) is 7.92. The van der Waals surface area contributed by atoms with Crippen LogP contribution in [-0.4, -0.2) is 75.3 Å². The van der Waals surface area contributed by atoms with Gasteiger partial charge in [0.2, 0.25) is 5.91 Å². The fraction of sp³-hybridized carbons (Fsp3) is 0.632. The van der Waals surface area contributed by atoms with Crippen molar-refractivity contribution in [2.75, 3.05) is 31.9 Å². The SMILES string of the molecule is Nc1ncnc2c1ccn2[C@@H]1O[C@H](C(=O)NCC2CCN(CC(F)F)CC2)C[C@H]1O. The Kier molecular flexibility index (Phi) is 6.11. The number of piperidine rings is 1. The van der Waals surface area contributed by atoms with Gasteiger partial charge in [0, 0.05) is 19.2 Å². The van der Waals surface area contributed by atoms with Crippen molar-refractivity contribution in [2.45, 2.75) is 44.1 Å². The van der Waals surface area contributed by atoms with Crippen LogP contribution in [0.3, 0.4) is 0 Å². The monoisotopic (exact) mass is 424 g/mol. The first-order chi connectivity index (χ1) is 14.4. The van der Waals surface area contributed by atoms with Crippen LogP contribution in [0.15, 0.2) is 18.6 Å². The van der Waals surface area contributed by atoms with E-state index in [1.165, 1.54) is 6.33 Å². The zero-order valence-corrected chi connectivity index (χ0v) is 16.5. The molecule has 0 aromatic carbocycles. The fourth-order valence-corrected chi connectivity index (χ4v) is 4.19. The number of nitrogens with zero attached hydrogens (tertiary/aromatic N) is 4. The Morgan fingerprint density at radius 3 is 2.87 bits per heavy atom. The van der Waals surface area contributed by atoms with Gasteiger partial charge in [0.15, 0.2) is 6.23 Å². The minimum atomic E-state index is -2.32. The van der Waals surface area contributed by atoms with Crippen molar-refractivity contribution in [3.05, 3.63) is 18.6 Å². The highest BCUT2D eigenvalue weighted by molar-refractivity contribution is 5.86. The summed E-state index contributed by atoms with van der Waals surface area (Å²) in [5.41, 5.74) is 6.38. The van der Waals surface area contributed by atoms with Crippen LogP contribution < -0.4 is 11.1 Å². The minimum absolute atomic E-state index is 0.170. The third kappa shape index (κ3) is 4.37. The topological polar surface area (TPSA) is 119 Å². The highest BCUT2D eigenvalue weighted by atomic mass is 19.3. The van der Waals surface area contributed by atoms with E-state index in [2.05, 4.69) is 15.3 Å². The highest BCUT2D eigenvalue weighted by Crippen LogP contribution is 2.32. The molecule has 4 N–H and O–H groups in total. The molecular weight excluding hydrogens is 398 g/mol. The van der Waals surface area contributed by atoms with Gasteiger partial charge in [-0.1, -0.05) is 0 Å². The van der Waals surface area contributed by atoms with Gasteiger partial charge in [0.1, 0.15) is 30.0 Å². The van der Waals surface area contributed by atoms with Gasteiger partial charge < -0.3 is 25.5 Å². The van der Waals surface area contributed by atoms with Crippen molar-refractivity contribution >= 4 is 22.8 Å². The summed E-state index contributed by atoms with van der Waals surface area (Å²) in [5, 5.41) is 14.0. The first-order valence-corrected chi connectivity index (χ1v) is 10.1. The first kappa shape index (κ1) is 20.9. The van der Waals surface area contributed by atoms with Crippen LogP contribution in [0.5, 0.6) is 0 Å². The Bertz CT molecular complexity index is 886. The second kappa shape index (κ2) is 8.78. The lowest BCUT2D eigenvalue weighted by atomic mass is 9.96. The molecule has 0 saturated carbocycles. The Hall–Kier alpha value is -2.37. The molecule has 2 saturated heterocycles. The van der Waals surface area contributed by atoms with E-state index in [0.29, 0.717) is 36.5 Å². The number of amides is 1. The standard InChI is InChI=1S/C19H26F2N6O3/c20-15(21)9-26-4-1-11(2-5-26)8-23-18(29)14-7-13(28)19(30-14)27-6-3-12-16(22)24-10-25-17(12)27/h3,6,10-11,13-15,19,28H,1-2,4-5,7-9H2,(H,23,29)(H2,22,24,25)/t13-,14+,19-/m1/s1. The van der Waals surface area contributed by atoms with Gasteiger partial charge in [-0.05, 0) is 37.9 Å². The number of carbonyl (C=O) groups excluding carboxylic acids is 1. The van der Waals surface area contributed by atoms with Crippen LogP contribution in [0.1, 0.15) is 25.5 Å². The predicted octanol–water partition coefficient (Wildman–Crippen LogP) is 0.755. The van der Waals surface area contributed by atoms with Crippen LogP contribution in [0.4, 0.5) is 14.6 Å². The van der Waals surface area contributed by atoms with Crippen molar-refractivity contribution in [2.24, 2.45) is 5.92 Å². The summed E-state index contributed by atoms with van der Waals surface area (Å²) in [6.07, 6.45) is 0.0317. The van der Waals surface area contributed by atoms with Crippen molar-refractivity contribution in [3.8, 4) is 0 Å². The number of hydrogen-bond acceptors (Lipinski definition) is 7. The molecule has 1 amide bonds. The van der Waals surface area contributed by atoms with E-state index in [1.54, 1.807) is 21.7 Å². The van der Waals surface area contributed by atoms with E-state index in [-0.39, 0.29) is 24.8 Å². The molecule has 2 fully saturated rings. The zero-order chi connectivity index (χ0) is 21.3. The second-order valence-electron chi connectivity index (χ2n) is 7.92. The molecule has 2 aliphatic rings. The van der Waals surface area contributed by atoms with E-state index in [0.717, 1.165) is 12.8 Å². The maximum Gasteiger partial charge on any atom is 0.251 e. The Morgan fingerprint density at radius 1 is 1.37 bits per heavy atom. The number of nitrogens with one attached hydrogen (secondary N) is 1. The minimum Gasteiger partial charge on any atom is -0.388 e. The Labute approximate surface area is 172 Å². The number of carbonyl (C=O) groups is 1. The lowest BCUT2D eigenvalue weighted by molar-refractivity contribution is -0.134. The maximum atomic E-state index is 12.6. The number of nitrogen functional groups attached to an aromatic ring is 1. The molecule has 9 nitrogen and oxygen atoms in total. The molecule has 4 heterocycles. The number of halogens is 2. The molecule has 0 aliphatic carbocycles. The number of rotatable bonds is 6. The summed E-state index contributed by atoms with van der Waals surface area (Å²) in [6, 6.07) is 1.74. The van der Waals surface area contributed by atoms with Crippen LogP contribution in [0.2, 0.25) is 0 Å². The Balaban J connectivity index is 1.30. The van der Waals surface area contributed by atoms with Crippen LogP contribution in [0, 0.1) is 5.92 Å². The molecule has 0 bridgehead atoms. The van der Waals surface area contributed by atoms with Gasteiger partial charge in [0.05, 0.1) is 11.9 Å². The van der Waals surface area contributed by atoms with Crippen LogP contribution in [0.25, 0.3) is 11.0 Å². The zero-order valence-electron chi connectivity index (χ0n) is 16.5. The molecule has 164 valence electrons. The smallest absolute Gasteiger partial charge is 0.251 e. The van der Waals surface area contributed by atoms with Crippen molar-refractivity contribution in [1.29, 1.82) is 0 Å². The summed E-state index contributed by atoms with van der Waals surface area (Å²) in [4.78, 5) is 22.5. The number of alkyl halides is 2. The van der Waals surface area contributed by atoms with Crippen LogP contribution >= 0.6 is 0 Å². The molecular formula is C19H26F2N6O3. The molecule has 2 aromatic rings. The van der Waals surface area contributed by atoms with Crippen LogP contribution in [-0.2, 0) is 9.53 Å². The van der Waals surface area contributed by atoms with Crippen molar-refractivity contribution in [3.63, 3.8) is 0 Å². The molecule has 0 radical (unpaired) electrons. The lowest BCUT2D eigenvalue weighted by Gasteiger charge is -2.31. The first-order valence-electron chi connectivity index (χ1n) is 10.1. The van der Waals surface area contributed by atoms with E-state index in [1.807, 2.05) is 0 Å². The summed E-state index contributed by atoms with van der Waals surface area (Å²) in [5.74, 6) is 0.301. The fourth-order valence-electron chi connectivity index (χ4n) is 4.19. The van der Waals surface area contributed by atoms with Crippen molar-refractivity contribution in [1.82, 2.24) is 24.8 Å². The summed E-state index contributed by atoms with van der Waals surface area (Å²) >= 11 is 0. The average molecular weight is 424 g/mol. The number of aliphatic hydroxyl groups is 1. The number of fused-ring (bicyclic) bond motifs is 1. The average Bonchev–Trinajstić information content (AvgIpc) is 3.31. The number of hydrogen-bond donors (Lipinski definition) is 3. The largest absolute Gasteiger partial charge is 0.388 e. The summed E-state index contributed by atoms with van der Waals surface area (Å²) < 4.78 is 32.4. The normalized spacial score (nSPS) is 25.9. The van der Waals surface area contributed by atoms with Gasteiger partial charge in [0.25, 0.3) is 6.43 Å². The third-order valence-electron chi connectivity index (χ3n) is 5.86. The molecule has 4 rings (SSSR count). The summed E-state index contributed by atoms with van der Waals surface area (Å²) in [6.45, 7) is 1.49. The molecule has 2 aliphatic heterocycles. The van der Waals surface area contributed by atoms with E-state index >= 15 is 0 Å². The number of likely N-dealkylation sites (tertiary alicyclic amines) is 1. The summed E-state index contributed by atoms with van der Waals surface area (Å²) in [7, 11) is 0. The van der Waals surface area contributed by atoms with E-state index in [4.69, 9.17) is 10.5 Å². The molecule has 0 unspecified atom stereocenters. The van der Waals surface area contributed by atoms with Gasteiger partial charge in [-0.15, -0.1) is 0 Å². The number of anilines is 1. The molecule has 11 heteroatoms. The Morgan fingerprint density at radius 2 is 2.13 bits per heavy atom. The number of aliphatic hydroxyl groups excluding tert-OH is 1. The quantitative estimate of drug-likeness (QED) is 0.626. The molecule has 0 spiro atoms. The van der Waals surface area contributed by atoms with Crippen molar-refractivity contribution < 1.29 is 23.4 Å². The predicted molar refractivity (Wildman–Crippen MR) is 105 cm³/mol. The maximum absolute atomic E-state index is 12.6. The number of nitrogens with two attached hydrogens (primary N) is 1. The lowest BCUT2D eigenvalue weighted by Crippen LogP contribution is -2.42. The van der Waals surface area contributed by atoms with Gasteiger partial charge in [-0.2, -0.15) is 0 Å². The van der Waals surface area contributed by atoms with Gasteiger partial charge in [-0.25, -0.2) is 18.7 Å².